The summed E-state index contributed by atoms with van der Waals surface area (Å²) in [6.07, 6.45) is -0.639. The zero-order valence-corrected chi connectivity index (χ0v) is 12.8. The lowest BCUT2D eigenvalue weighted by molar-refractivity contribution is -0.154. The summed E-state index contributed by atoms with van der Waals surface area (Å²) in [5, 5.41) is 11.4. The Kier molecular flexibility index (Phi) is 5.48. The van der Waals surface area contributed by atoms with E-state index in [1.54, 1.807) is 24.3 Å². The molecule has 21 heavy (non-hydrogen) atoms. The maximum Gasteiger partial charge on any atom is 0.307 e. The largest absolute Gasteiger partial charge is 0.453 e. The summed E-state index contributed by atoms with van der Waals surface area (Å²) in [5.74, 6) is -0.830. The number of esters is 1. The van der Waals surface area contributed by atoms with Crippen LogP contribution in [0.2, 0.25) is 0 Å². The maximum absolute atomic E-state index is 11.9. The van der Waals surface area contributed by atoms with Crippen LogP contribution in [-0.4, -0.2) is 18.0 Å². The van der Waals surface area contributed by atoms with Crippen LogP contribution in [0.3, 0.4) is 0 Å². The van der Waals surface area contributed by atoms with Crippen LogP contribution in [-0.2, 0) is 14.3 Å². The molecule has 1 atom stereocenters. The van der Waals surface area contributed by atoms with Crippen LogP contribution in [0.25, 0.3) is 0 Å². The van der Waals surface area contributed by atoms with Gasteiger partial charge in [0.05, 0.1) is 18.1 Å². The van der Waals surface area contributed by atoms with Crippen LogP contribution in [0.1, 0.15) is 39.7 Å². The van der Waals surface area contributed by atoms with E-state index in [0.29, 0.717) is 11.3 Å². The second-order valence-corrected chi connectivity index (χ2v) is 6.05. The van der Waals surface area contributed by atoms with Gasteiger partial charge in [0.2, 0.25) is 0 Å². The Bertz CT molecular complexity index is 568. The molecule has 1 rings (SSSR count). The van der Waals surface area contributed by atoms with Crippen LogP contribution in [0.15, 0.2) is 24.3 Å². The molecule has 1 aromatic rings. The van der Waals surface area contributed by atoms with Crippen molar-refractivity contribution in [3.8, 4) is 6.07 Å². The number of anilines is 1. The third kappa shape index (κ3) is 6.09. The molecule has 0 aliphatic carbocycles. The number of nitrogens with one attached hydrogen (secondary N) is 1. The number of rotatable bonds is 4. The molecule has 1 N–H and O–H groups in total. The van der Waals surface area contributed by atoms with Gasteiger partial charge in [-0.15, -0.1) is 0 Å². The molecule has 5 nitrogen and oxygen atoms in total. The Hall–Kier alpha value is -2.35. The third-order valence-electron chi connectivity index (χ3n) is 2.61. The van der Waals surface area contributed by atoms with Crippen molar-refractivity contribution in [1.82, 2.24) is 0 Å². The van der Waals surface area contributed by atoms with Crippen molar-refractivity contribution in [1.29, 1.82) is 5.26 Å². The Labute approximate surface area is 124 Å². The van der Waals surface area contributed by atoms with Gasteiger partial charge in [-0.1, -0.05) is 26.8 Å². The highest BCUT2D eigenvalue weighted by atomic mass is 16.5. The summed E-state index contributed by atoms with van der Waals surface area (Å²) in [4.78, 5) is 23.6. The molecule has 1 amide bonds. The van der Waals surface area contributed by atoms with E-state index in [9.17, 15) is 9.59 Å². The van der Waals surface area contributed by atoms with Crippen molar-refractivity contribution in [3.05, 3.63) is 29.8 Å². The fourth-order valence-corrected chi connectivity index (χ4v) is 1.64. The Morgan fingerprint density at radius 2 is 2.05 bits per heavy atom. The van der Waals surface area contributed by atoms with Gasteiger partial charge in [-0.05, 0) is 30.5 Å². The first kappa shape index (κ1) is 16.7. The van der Waals surface area contributed by atoms with Crippen molar-refractivity contribution in [2.75, 3.05) is 5.32 Å². The Morgan fingerprint density at radius 3 is 2.62 bits per heavy atom. The topological polar surface area (TPSA) is 79.2 Å². The number of hydrogen-bond acceptors (Lipinski definition) is 4. The molecule has 0 saturated carbocycles. The normalized spacial score (nSPS) is 12.1. The minimum absolute atomic E-state index is 0.186. The zero-order valence-electron chi connectivity index (χ0n) is 12.8. The number of carbonyl (C=O) groups is 2. The number of amides is 1. The lowest BCUT2D eigenvalue weighted by Gasteiger charge is -2.19. The van der Waals surface area contributed by atoms with E-state index in [1.165, 1.54) is 6.92 Å². The number of hydrogen-bond donors (Lipinski definition) is 1. The molecule has 0 bridgehead atoms. The number of nitrogens with zero attached hydrogens (tertiary/aromatic N) is 1. The molecule has 1 aromatic carbocycles. The average molecular weight is 288 g/mol. The van der Waals surface area contributed by atoms with Gasteiger partial charge in [0.15, 0.2) is 6.10 Å². The highest BCUT2D eigenvalue weighted by molar-refractivity contribution is 5.95. The fraction of sp³-hybridized carbons (Fsp3) is 0.438. The summed E-state index contributed by atoms with van der Waals surface area (Å²) >= 11 is 0. The smallest absolute Gasteiger partial charge is 0.307 e. The van der Waals surface area contributed by atoms with Crippen LogP contribution in [0.5, 0.6) is 0 Å². The lowest BCUT2D eigenvalue weighted by Crippen LogP contribution is -2.31. The second-order valence-electron chi connectivity index (χ2n) is 6.05. The number of ether oxygens (including phenoxy) is 1. The lowest BCUT2D eigenvalue weighted by atomic mass is 9.92. The van der Waals surface area contributed by atoms with E-state index in [2.05, 4.69) is 5.32 Å². The van der Waals surface area contributed by atoms with Gasteiger partial charge in [0, 0.05) is 5.69 Å². The summed E-state index contributed by atoms with van der Waals surface area (Å²) in [6, 6.07) is 8.53. The zero-order chi connectivity index (χ0) is 16.0. The highest BCUT2D eigenvalue weighted by Gasteiger charge is 2.22. The molecule has 0 aliphatic rings. The summed E-state index contributed by atoms with van der Waals surface area (Å²) < 4.78 is 5.10. The van der Waals surface area contributed by atoms with E-state index in [0.717, 1.165) is 0 Å². The molecule has 0 aliphatic heterocycles. The molecular formula is C16H20N2O3. The van der Waals surface area contributed by atoms with Crippen molar-refractivity contribution in [2.24, 2.45) is 5.41 Å². The first-order chi connectivity index (χ1) is 9.71. The predicted molar refractivity (Wildman–Crippen MR) is 79.4 cm³/mol. The molecule has 0 saturated heterocycles. The van der Waals surface area contributed by atoms with Gasteiger partial charge in [0.1, 0.15) is 0 Å². The standard InChI is InChI=1S/C16H20N2O3/c1-11(21-14(19)9-16(2,3)4)15(20)18-13-7-5-6-12(8-13)10-17/h5-8,11H,9H2,1-4H3,(H,18,20)/t11-/m0/s1. The van der Waals surface area contributed by atoms with Gasteiger partial charge in [-0.3, -0.25) is 9.59 Å². The summed E-state index contributed by atoms with van der Waals surface area (Å²) in [5.41, 5.74) is 0.761. The van der Waals surface area contributed by atoms with Crippen molar-refractivity contribution in [3.63, 3.8) is 0 Å². The van der Waals surface area contributed by atoms with Gasteiger partial charge < -0.3 is 10.1 Å². The molecule has 0 spiro atoms. The molecule has 0 unspecified atom stereocenters. The van der Waals surface area contributed by atoms with Gasteiger partial charge >= 0.3 is 5.97 Å². The number of benzene rings is 1. The van der Waals surface area contributed by atoms with E-state index in [-0.39, 0.29) is 11.8 Å². The fourth-order valence-electron chi connectivity index (χ4n) is 1.64. The molecule has 0 heterocycles. The molecule has 0 aromatic heterocycles. The van der Waals surface area contributed by atoms with Crippen LogP contribution in [0.4, 0.5) is 5.69 Å². The van der Waals surface area contributed by atoms with Crippen LogP contribution < -0.4 is 5.32 Å². The van der Waals surface area contributed by atoms with E-state index in [1.807, 2.05) is 26.8 Å². The Morgan fingerprint density at radius 1 is 1.38 bits per heavy atom. The first-order valence-corrected chi connectivity index (χ1v) is 6.72. The number of carbonyl (C=O) groups excluding carboxylic acids is 2. The van der Waals surface area contributed by atoms with Crippen molar-refractivity contribution in [2.45, 2.75) is 40.2 Å². The van der Waals surface area contributed by atoms with E-state index < -0.39 is 18.0 Å². The maximum atomic E-state index is 11.9. The van der Waals surface area contributed by atoms with Crippen molar-refractivity contribution >= 4 is 17.6 Å². The van der Waals surface area contributed by atoms with Crippen molar-refractivity contribution < 1.29 is 14.3 Å². The molecule has 5 heteroatoms. The second kappa shape index (κ2) is 6.89. The van der Waals surface area contributed by atoms with E-state index >= 15 is 0 Å². The highest BCUT2D eigenvalue weighted by Crippen LogP contribution is 2.19. The monoisotopic (exact) mass is 288 g/mol. The van der Waals surface area contributed by atoms with Gasteiger partial charge in [-0.25, -0.2) is 0 Å². The predicted octanol–water partition coefficient (Wildman–Crippen LogP) is 2.86. The molecule has 0 radical (unpaired) electrons. The molecular weight excluding hydrogens is 268 g/mol. The first-order valence-electron chi connectivity index (χ1n) is 6.72. The van der Waals surface area contributed by atoms with E-state index in [4.69, 9.17) is 10.00 Å². The number of nitriles is 1. The minimum atomic E-state index is -0.884. The molecule has 112 valence electrons. The summed E-state index contributed by atoms with van der Waals surface area (Å²) in [6.45, 7) is 7.29. The van der Waals surface area contributed by atoms with Crippen LogP contribution in [0, 0.1) is 16.7 Å². The quantitative estimate of drug-likeness (QED) is 0.864. The van der Waals surface area contributed by atoms with Crippen LogP contribution >= 0.6 is 0 Å². The van der Waals surface area contributed by atoms with Gasteiger partial charge in [0.25, 0.3) is 5.91 Å². The third-order valence-corrected chi connectivity index (χ3v) is 2.61. The van der Waals surface area contributed by atoms with Gasteiger partial charge in [-0.2, -0.15) is 5.26 Å². The minimum Gasteiger partial charge on any atom is -0.453 e. The SMILES string of the molecule is C[C@H](OC(=O)CC(C)(C)C)C(=O)Nc1cccc(C#N)c1. The average Bonchev–Trinajstić information content (AvgIpc) is 2.36. The molecule has 0 fully saturated rings. The summed E-state index contributed by atoms with van der Waals surface area (Å²) in [7, 11) is 0. The Balaban J connectivity index is 2.59.